The molecule has 26 heavy (non-hydrogen) atoms. The predicted octanol–water partition coefficient (Wildman–Crippen LogP) is 4.38. The monoisotopic (exact) mass is 413 g/mol. The van der Waals surface area contributed by atoms with Gasteiger partial charge in [-0.3, -0.25) is 14.9 Å². The molecular weight excluding hydrogens is 402 g/mol. The topological polar surface area (TPSA) is 97.7 Å². The Bertz CT molecular complexity index is 997. The lowest BCUT2D eigenvalue weighted by Crippen LogP contribution is -2.17. The molecule has 1 N–H and O–H groups in total. The van der Waals surface area contributed by atoms with Crippen LogP contribution >= 0.6 is 15.9 Å². The number of nitro benzene ring substituents is 1. The van der Waals surface area contributed by atoms with Gasteiger partial charge in [0, 0.05) is 27.7 Å². The van der Waals surface area contributed by atoms with Crippen LogP contribution in [0.5, 0.6) is 0 Å². The fraction of sp³-hybridized carbons (Fsp3) is 0. The summed E-state index contributed by atoms with van der Waals surface area (Å²) in [7, 11) is 0. The van der Waals surface area contributed by atoms with Gasteiger partial charge in [0.1, 0.15) is 11.5 Å². The number of hydrogen-bond donors (Lipinski definition) is 1. The number of nitrogens with zero attached hydrogens (tertiary/aromatic N) is 2. The highest BCUT2D eigenvalue weighted by atomic mass is 79.9. The number of rotatable bonds is 5. The molecule has 3 aromatic rings. The number of benzene rings is 2. The number of halogens is 1. The van der Waals surface area contributed by atoms with Gasteiger partial charge in [-0.1, -0.05) is 40.2 Å². The number of nitrogens with one attached hydrogen (secondary N) is 1. The Morgan fingerprint density at radius 3 is 2.73 bits per heavy atom. The Kier molecular flexibility index (Phi) is 5.23. The van der Waals surface area contributed by atoms with Gasteiger partial charge in [-0.05, 0) is 24.3 Å². The van der Waals surface area contributed by atoms with Gasteiger partial charge in [0.25, 0.3) is 11.6 Å². The third kappa shape index (κ3) is 4.04. The minimum atomic E-state index is -0.563. The molecule has 0 bridgehead atoms. The number of carbonyl (C=O) groups is 1. The molecule has 3 rings (SSSR count). The van der Waals surface area contributed by atoms with Gasteiger partial charge in [0.2, 0.25) is 0 Å². The smallest absolute Gasteiger partial charge is 0.271 e. The van der Waals surface area contributed by atoms with E-state index in [1.165, 1.54) is 30.5 Å². The second-order valence-electron chi connectivity index (χ2n) is 5.19. The van der Waals surface area contributed by atoms with E-state index >= 15 is 0 Å². The van der Waals surface area contributed by atoms with Crippen LogP contribution in [0, 0.1) is 10.1 Å². The first-order valence-corrected chi connectivity index (χ1v) is 8.26. The maximum Gasteiger partial charge on any atom is 0.271 e. The van der Waals surface area contributed by atoms with Crippen molar-refractivity contribution in [1.29, 1.82) is 0 Å². The summed E-state index contributed by atoms with van der Waals surface area (Å²) in [5, 5.41) is 14.6. The Balaban J connectivity index is 1.68. The highest BCUT2D eigenvalue weighted by molar-refractivity contribution is 9.10. The molecule has 0 aliphatic rings. The summed E-state index contributed by atoms with van der Waals surface area (Å²) in [5.74, 6) is 0.557. The highest BCUT2D eigenvalue weighted by Crippen LogP contribution is 2.28. The third-order valence-electron chi connectivity index (χ3n) is 3.44. The van der Waals surface area contributed by atoms with Crippen molar-refractivity contribution in [3.8, 4) is 11.3 Å². The van der Waals surface area contributed by atoms with Crippen molar-refractivity contribution in [2.24, 2.45) is 5.10 Å². The van der Waals surface area contributed by atoms with Crippen LogP contribution in [0.15, 0.2) is 74.7 Å². The first kappa shape index (κ1) is 17.6. The quantitative estimate of drug-likeness (QED) is 0.381. The largest absolute Gasteiger partial charge is 0.455 e. The van der Waals surface area contributed by atoms with Crippen molar-refractivity contribution < 1.29 is 14.1 Å². The summed E-state index contributed by atoms with van der Waals surface area (Å²) in [6.07, 6.45) is 1.36. The molecule has 0 saturated carbocycles. The predicted molar refractivity (Wildman–Crippen MR) is 100 cm³/mol. The fourth-order valence-corrected chi connectivity index (χ4v) is 2.69. The molecule has 8 heteroatoms. The molecular formula is C18H12BrN3O4. The van der Waals surface area contributed by atoms with Gasteiger partial charge in [0.15, 0.2) is 0 Å². The average Bonchev–Trinajstić information content (AvgIpc) is 3.10. The van der Waals surface area contributed by atoms with Crippen molar-refractivity contribution in [1.82, 2.24) is 5.43 Å². The van der Waals surface area contributed by atoms with E-state index in [0.717, 1.165) is 10.0 Å². The van der Waals surface area contributed by atoms with E-state index < -0.39 is 10.8 Å². The van der Waals surface area contributed by atoms with Crippen LogP contribution in [0.25, 0.3) is 11.3 Å². The van der Waals surface area contributed by atoms with Crippen molar-refractivity contribution in [2.75, 3.05) is 0 Å². The molecule has 7 nitrogen and oxygen atoms in total. The molecule has 0 fully saturated rings. The maximum absolute atomic E-state index is 12.0. The van der Waals surface area contributed by atoms with Crippen molar-refractivity contribution in [3.63, 3.8) is 0 Å². The Labute approximate surface area is 156 Å². The van der Waals surface area contributed by atoms with Gasteiger partial charge < -0.3 is 4.42 Å². The average molecular weight is 414 g/mol. The molecule has 0 unspecified atom stereocenters. The summed E-state index contributed by atoms with van der Waals surface area (Å²) in [5.41, 5.74) is 3.19. The molecule has 0 radical (unpaired) electrons. The molecule has 0 aliphatic carbocycles. The normalized spacial score (nSPS) is 10.8. The number of non-ortho nitro benzene ring substituents is 1. The van der Waals surface area contributed by atoms with E-state index in [0.29, 0.717) is 11.5 Å². The molecule has 2 aromatic carbocycles. The van der Waals surface area contributed by atoms with Gasteiger partial charge in [-0.15, -0.1) is 0 Å². The minimum Gasteiger partial charge on any atom is -0.455 e. The number of furan rings is 1. The van der Waals surface area contributed by atoms with E-state index in [2.05, 4.69) is 26.5 Å². The molecule has 1 heterocycles. The summed E-state index contributed by atoms with van der Waals surface area (Å²) in [4.78, 5) is 22.2. The number of nitro groups is 1. The number of carbonyl (C=O) groups excluding carboxylic acids is 1. The molecule has 1 aromatic heterocycles. The van der Waals surface area contributed by atoms with Crippen molar-refractivity contribution in [2.45, 2.75) is 0 Å². The molecule has 1 amide bonds. The van der Waals surface area contributed by atoms with E-state index in [4.69, 9.17) is 4.42 Å². The summed E-state index contributed by atoms with van der Waals surface area (Å²) < 4.78 is 6.57. The second kappa shape index (κ2) is 7.75. The van der Waals surface area contributed by atoms with Crippen LogP contribution in [0.1, 0.15) is 16.1 Å². The highest BCUT2D eigenvalue weighted by Gasteiger charge is 2.11. The molecule has 0 aliphatic heterocycles. The zero-order valence-corrected chi connectivity index (χ0v) is 14.8. The van der Waals surface area contributed by atoms with E-state index in [9.17, 15) is 14.9 Å². The van der Waals surface area contributed by atoms with Gasteiger partial charge in [0.05, 0.1) is 11.1 Å². The fourth-order valence-electron chi connectivity index (χ4n) is 2.21. The Hall–Kier alpha value is -3.26. The van der Waals surface area contributed by atoms with E-state index in [-0.39, 0.29) is 11.3 Å². The summed E-state index contributed by atoms with van der Waals surface area (Å²) in [6, 6.07) is 16.5. The zero-order chi connectivity index (χ0) is 18.5. The number of amides is 1. The van der Waals surface area contributed by atoms with Crippen LogP contribution in [0.2, 0.25) is 0 Å². The SMILES string of the molecule is O=C(N/N=C/c1ccc(-c2ccccc2Br)o1)c1cccc([N+](=O)[O-])c1. The van der Waals surface area contributed by atoms with Crippen molar-refractivity contribution in [3.05, 3.63) is 86.6 Å². The standard InChI is InChI=1S/C18H12BrN3O4/c19-16-7-2-1-6-15(16)17-9-8-14(26-17)11-20-21-18(23)12-4-3-5-13(10-12)22(24)25/h1-11H,(H,21,23)/b20-11+. The third-order valence-corrected chi connectivity index (χ3v) is 4.13. The Morgan fingerprint density at radius 2 is 1.96 bits per heavy atom. The van der Waals surface area contributed by atoms with Crippen LogP contribution in [0.3, 0.4) is 0 Å². The minimum absolute atomic E-state index is 0.143. The maximum atomic E-state index is 12.0. The van der Waals surface area contributed by atoms with Crippen LogP contribution < -0.4 is 5.43 Å². The van der Waals surface area contributed by atoms with E-state index in [1.807, 2.05) is 24.3 Å². The number of hydrogen-bond acceptors (Lipinski definition) is 5. The zero-order valence-electron chi connectivity index (χ0n) is 13.3. The lowest BCUT2D eigenvalue weighted by atomic mass is 10.2. The first-order valence-electron chi connectivity index (χ1n) is 7.47. The summed E-state index contributed by atoms with van der Waals surface area (Å²) in [6.45, 7) is 0. The van der Waals surface area contributed by atoms with Crippen molar-refractivity contribution >= 4 is 33.7 Å². The first-order chi connectivity index (χ1) is 12.5. The van der Waals surface area contributed by atoms with Crippen LogP contribution in [0.4, 0.5) is 5.69 Å². The van der Waals surface area contributed by atoms with Crippen LogP contribution in [-0.2, 0) is 0 Å². The molecule has 0 saturated heterocycles. The molecule has 0 spiro atoms. The summed E-state index contributed by atoms with van der Waals surface area (Å²) >= 11 is 3.46. The lowest BCUT2D eigenvalue weighted by molar-refractivity contribution is -0.384. The van der Waals surface area contributed by atoms with E-state index in [1.54, 1.807) is 12.1 Å². The van der Waals surface area contributed by atoms with Gasteiger partial charge >= 0.3 is 0 Å². The number of hydrazone groups is 1. The molecule has 0 atom stereocenters. The lowest BCUT2D eigenvalue weighted by Gasteiger charge is -2.00. The second-order valence-corrected chi connectivity index (χ2v) is 6.04. The molecule has 130 valence electrons. The van der Waals surface area contributed by atoms with Crippen LogP contribution in [-0.4, -0.2) is 17.0 Å². The van der Waals surface area contributed by atoms with Gasteiger partial charge in [-0.2, -0.15) is 5.10 Å². The Morgan fingerprint density at radius 1 is 1.15 bits per heavy atom. The van der Waals surface area contributed by atoms with Gasteiger partial charge in [-0.25, -0.2) is 5.43 Å².